The number of allylic oxidation sites excluding steroid dienone is 1. The van der Waals surface area contributed by atoms with E-state index in [0.717, 1.165) is 54.6 Å². The van der Waals surface area contributed by atoms with Gasteiger partial charge in [-0.3, -0.25) is 19.8 Å². The number of Topliss-reactive ketones (excluding diaryl/α,β-unsaturated/α-hetero) is 1. The summed E-state index contributed by atoms with van der Waals surface area (Å²) in [5.74, 6) is 1.06. The van der Waals surface area contributed by atoms with Crippen LogP contribution in [0, 0.1) is 22.0 Å². The van der Waals surface area contributed by atoms with Crippen molar-refractivity contribution in [2.24, 2.45) is 11.8 Å². The zero-order valence-corrected chi connectivity index (χ0v) is 18.7. The number of nitrogens with one attached hydrogen (secondary N) is 1. The van der Waals surface area contributed by atoms with Crippen molar-refractivity contribution in [3.63, 3.8) is 0 Å². The zero-order valence-electron chi connectivity index (χ0n) is 18.7. The van der Waals surface area contributed by atoms with Crippen molar-refractivity contribution in [1.82, 2.24) is 9.88 Å². The van der Waals surface area contributed by atoms with Gasteiger partial charge in [0, 0.05) is 36.7 Å². The number of aromatic amines is 1. The Kier molecular flexibility index (Phi) is 4.56. The highest BCUT2D eigenvalue weighted by Gasteiger charge is 2.50. The fourth-order valence-electron chi connectivity index (χ4n) is 6.54. The standard InChI is InChI=1S/C27H27N3O3/c1-27-15-19-14-24(31)18(12-17-6-3-2-4-7-17)13-20(19)16-29(27)11-10-22-21-8-5-9-23(30(32)33)25(21)28-26(22)27/h2-9,12,19-20,28H,10-11,13-16H2,1H3/b18-12+. The SMILES string of the molecule is CC12CC3CC(=O)/C(=C/c4ccccc4)CC3CN1CCc1c2[nH]c2c([N+](=O)[O-])cccc12. The molecule has 3 aromatic rings. The molecule has 3 aliphatic rings. The van der Waals surface area contributed by atoms with Crippen molar-refractivity contribution in [2.75, 3.05) is 13.1 Å². The fraction of sp³-hybridized carbons (Fsp3) is 0.370. The molecular weight excluding hydrogens is 414 g/mol. The smallest absolute Gasteiger partial charge is 0.293 e. The minimum atomic E-state index is -0.304. The Morgan fingerprint density at radius 3 is 2.73 bits per heavy atom. The van der Waals surface area contributed by atoms with Gasteiger partial charge in [0.05, 0.1) is 10.5 Å². The highest BCUT2D eigenvalue weighted by Crippen LogP contribution is 2.51. The van der Waals surface area contributed by atoms with Gasteiger partial charge in [0.25, 0.3) is 5.69 Å². The largest absolute Gasteiger partial charge is 0.351 e. The molecule has 33 heavy (non-hydrogen) atoms. The molecule has 0 bridgehead atoms. The predicted molar refractivity (Wildman–Crippen MR) is 128 cm³/mol. The van der Waals surface area contributed by atoms with Crippen molar-refractivity contribution in [3.8, 4) is 0 Å². The first-order valence-electron chi connectivity index (χ1n) is 11.8. The molecule has 3 heterocycles. The molecule has 6 nitrogen and oxygen atoms in total. The molecule has 0 radical (unpaired) electrons. The van der Waals surface area contributed by atoms with Gasteiger partial charge in [0.1, 0.15) is 5.52 Å². The molecule has 1 aromatic heterocycles. The number of para-hydroxylation sites is 1. The number of carbonyl (C=O) groups is 1. The lowest BCUT2D eigenvalue weighted by molar-refractivity contribution is -0.383. The minimum Gasteiger partial charge on any atom is -0.351 e. The van der Waals surface area contributed by atoms with Crippen LogP contribution in [0.3, 0.4) is 0 Å². The lowest BCUT2D eigenvalue weighted by atomic mass is 9.65. The van der Waals surface area contributed by atoms with Crippen molar-refractivity contribution >= 4 is 28.4 Å². The van der Waals surface area contributed by atoms with E-state index < -0.39 is 0 Å². The third-order valence-electron chi connectivity index (χ3n) is 8.19. The van der Waals surface area contributed by atoms with Gasteiger partial charge in [-0.25, -0.2) is 0 Å². The summed E-state index contributed by atoms with van der Waals surface area (Å²) in [6.07, 6.45) is 5.26. The topological polar surface area (TPSA) is 79.2 Å². The number of aromatic nitrogens is 1. The zero-order chi connectivity index (χ0) is 22.7. The minimum absolute atomic E-state index is 0.134. The Hall–Kier alpha value is -3.25. The molecule has 0 spiro atoms. The maximum atomic E-state index is 13.1. The number of H-pyrrole nitrogens is 1. The van der Waals surface area contributed by atoms with Crippen LogP contribution in [0.4, 0.5) is 5.69 Å². The van der Waals surface area contributed by atoms with E-state index in [1.165, 1.54) is 5.56 Å². The fourth-order valence-corrected chi connectivity index (χ4v) is 6.54. The van der Waals surface area contributed by atoms with Gasteiger partial charge in [0.15, 0.2) is 5.78 Å². The van der Waals surface area contributed by atoms with Crippen LogP contribution in [-0.4, -0.2) is 33.7 Å². The van der Waals surface area contributed by atoms with E-state index in [1.54, 1.807) is 12.1 Å². The van der Waals surface area contributed by atoms with Crippen LogP contribution in [0.1, 0.15) is 43.0 Å². The highest BCUT2D eigenvalue weighted by atomic mass is 16.6. The molecule has 1 saturated heterocycles. The number of hydrogen-bond acceptors (Lipinski definition) is 4. The van der Waals surface area contributed by atoms with Gasteiger partial charge in [-0.05, 0) is 60.8 Å². The normalized spacial score (nSPS) is 28.4. The third kappa shape index (κ3) is 3.16. The number of non-ortho nitro benzene ring substituents is 1. The molecule has 3 unspecified atom stereocenters. The summed E-state index contributed by atoms with van der Waals surface area (Å²) < 4.78 is 0. The molecule has 3 atom stereocenters. The van der Waals surface area contributed by atoms with Gasteiger partial charge in [-0.2, -0.15) is 0 Å². The van der Waals surface area contributed by atoms with Crippen LogP contribution in [-0.2, 0) is 16.8 Å². The number of hydrogen-bond donors (Lipinski definition) is 1. The summed E-state index contributed by atoms with van der Waals surface area (Å²) in [5.41, 5.74) is 4.88. The lowest BCUT2D eigenvalue weighted by Crippen LogP contribution is -2.57. The second kappa shape index (κ2) is 7.39. The monoisotopic (exact) mass is 441 g/mol. The number of nitro groups is 1. The Morgan fingerprint density at radius 1 is 1.12 bits per heavy atom. The van der Waals surface area contributed by atoms with Crippen molar-refractivity contribution in [2.45, 2.75) is 38.1 Å². The number of nitrogens with zero attached hydrogens (tertiary/aromatic N) is 2. The van der Waals surface area contributed by atoms with Gasteiger partial charge >= 0.3 is 0 Å². The van der Waals surface area contributed by atoms with Crippen LogP contribution >= 0.6 is 0 Å². The van der Waals surface area contributed by atoms with Gasteiger partial charge in [-0.1, -0.05) is 42.5 Å². The first-order valence-corrected chi connectivity index (χ1v) is 11.8. The number of piperidine rings is 1. The van der Waals surface area contributed by atoms with E-state index in [4.69, 9.17) is 0 Å². The number of ketones is 1. The van der Waals surface area contributed by atoms with Gasteiger partial charge in [-0.15, -0.1) is 0 Å². The predicted octanol–water partition coefficient (Wildman–Crippen LogP) is 5.23. The number of fused-ring (bicyclic) bond motifs is 6. The van der Waals surface area contributed by atoms with Crippen LogP contribution in [0.25, 0.3) is 17.0 Å². The molecule has 168 valence electrons. The van der Waals surface area contributed by atoms with Crippen molar-refractivity contribution in [1.29, 1.82) is 0 Å². The Bertz CT molecular complexity index is 1310. The number of benzene rings is 2. The van der Waals surface area contributed by atoms with Gasteiger partial charge in [0.2, 0.25) is 0 Å². The summed E-state index contributed by atoms with van der Waals surface area (Å²) in [5, 5.41) is 12.6. The molecule has 6 rings (SSSR count). The van der Waals surface area contributed by atoms with Crippen LogP contribution in [0.15, 0.2) is 54.1 Å². The first-order chi connectivity index (χ1) is 15.9. The quantitative estimate of drug-likeness (QED) is 0.335. The molecule has 1 N–H and O–H groups in total. The number of carbonyl (C=O) groups excluding carboxylic acids is 1. The average molecular weight is 442 g/mol. The molecular formula is C27H27N3O3. The molecule has 1 saturated carbocycles. The lowest BCUT2D eigenvalue weighted by Gasteiger charge is -2.54. The van der Waals surface area contributed by atoms with Crippen molar-refractivity contribution in [3.05, 3.63) is 81.0 Å². The van der Waals surface area contributed by atoms with Crippen LogP contribution < -0.4 is 0 Å². The van der Waals surface area contributed by atoms with Crippen LogP contribution in [0.5, 0.6) is 0 Å². The van der Waals surface area contributed by atoms with Crippen LogP contribution in [0.2, 0.25) is 0 Å². The Balaban J connectivity index is 1.34. The van der Waals surface area contributed by atoms with E-state index >= 15 is 0 Å². The molecule has 6 heteroatoms. The summed E-state index contributed by atoms with van der Waals surface area (Å²) in [7, 11) is 0. The summed E-state index contributed by atoms with van der Waals surface area (Å²) in [6.45, 7) is 4.15. The summed E-state index contributed by atoms with van der Waals surface area (Å²) in [4.78, 5) is 30.4. The maximum Gasteiger partial charge on any atom is 0.293 e. The average Bonchev–Trinajstić information content (AvgIpc) is 3.19. The van der Waals surface area contributed by atoms with E-state index in [2.05, 4.69) is 22.9 Å². The second-order valence-corrected chi connectivity index (χ2v) is 10.0. The molecule has 2 aromatic carbocycles. The second-order valence-electron chi connectivity index (χ2n) is 10.0. The maximum absolute atomic E-state index is 13.1. The molecule has 1 aliphatic carbocycles. The number of nitro benzene ring substituents is 1. The third-order valence-corrected chi connectivity index (χ3v) is 8.19. The van der Waals surface area contributed by atoms with Gasteiger partial charge < -0.3 is 4.98 Å². The Morgan fingerprint density at radius 2 is 1.94 bits per heavy atom. The van der Waals surface area contributed by atoms with E-state index in [9.17, 15) is 14.9 Å². The molecule has 0 amide bonds. The van der Waals surface area contributed by atoms with Crippen molar-refractivity contribution < 1.29 is 9.72 Å². The Labute approximate surface area is 192 Å². The first kappa shape index (κ1) is 20.4. The van der Waals surface area contributed by atoms with E-state index in [1.807, 2.05) is 36.4 Å². The number of rotatable bonds is 2. The molecule has 2 fully saturated rings. The summed E-state index contributed by atoms with van der Waals surface area (Å²) >= 11 is 0. The molecule has 2 aliphatic heterocycles. The summed E-state index contributed by atoms with van der Waals surface area (Å²) in [6, 6.07) is 15.4. The highest BCUT2D eigenvalue weighted by molar-refractivity contribution is 6.00. The van der Waals surface area contributed by atoms with E-state index in [-0.39, 0.29) is 21.9 Å². The van der Waals surface area contributed by atoms with E-state index in [0.29, 0.717) is 23.8 Å².